The van der Waals surface area contributed by atoms with E-state index in [0.29, 0.717) is 6.61 Å². The van der Waals surface area contributed by atoms with Gasteiger partial charge in [-0.15, -0.1) is 0 Å². The first-order valence-electron chi connectivity index (χ1n) is 6.97. The summed E-state index contributed by atoms with van der Waals surface area (Å²) in [6.07, 6.45) is 0. The fraction of sp³-hybridized carbons (Fsp3) is 0.333. The summed E-state index contributed by atoms with van der Waals surface area (Å²) < 4.78 is 5.52. The van der Waals surface area contributed by atoms with Crippen LogP contribution in [0, 0.1) is 0 Å². The molecule has 146 valence electrons. The van der Waals surface area contributed by atoms with Gasteiger partial charge in [0.05, 0.1) is 6.04 Å². The second kappa shape index (κ2) is 14.2. The molecule has 0 aliphatic heterocycles. The van der Waals surface area contributed by atoms with Crippen molar-refractivity contribution in [3.8, 4) is 5.75 Å². The molecule has 6 N–H and O–H groups in total. The molecule has 11 heteroatoms. The molecular formula is C15H22N2O9. The van der Waals surface area contributed by atoms with E-state index in [-0.39, 0.29) is 6.04 Å². The molecule has 1 rings (SSSR count). The molecular weight excluding hydrogens is 352 g/mol. The lowest BCUT2D eigenvalue weighted by atomic mass is 10.3. The molecule has 26 heavy (non-hydrogen) atoms. The number of carboxylic acid groups (broad SMARTS) is 4. The van der Waals surface area contributed by atoms with Gasteiger partial charge in [0.25, 0.3) is 0 Å². The van der Waals surface area contributed by atoms with E-state index in [4.69, 9.17) is 50.1 Å². The second-order valence-electron chi connectivity index (χ2n) is 4.87. The van der Waals surface area contributed by atoms with E-state index in [2.05, 4.69) is 4.90 Å². The predicted molar refractivity (Wildman–Crippen MR) is 89.0 cm³/mol. The Labute approximate surface area is 149 Å². The van der Waals surface area contributed by atoms with Gasteiger partial charge in [-0.25, -0.2) is 19.2 Å². The normalized spacial score (nSPS) is 10.3. The third-order valence-electron chi connectivity index (χ3n) is 2.17. The number of hydrogen-bond donors (Lipinski definition) is 5. The van der Waals surface area contributed by atoms with Crippen LogP contribution < -0.4 is 10.5 Å². The Morgan fingerprint density at radius 1 is 0.923 bits per heavy atom. The standard InChI is InChI=1S/C11H18N2O.2C2H2O4/c1-13(2)8-10(12)9-14-11-6-4-3-5-7-11;2*3-1(4)2(5)6/h3-7,10H,8-9,12H2,1-2H3;2*(H,3,4)(H,5,6). The van der Waals surface area contributed by atoms with Gasteiger partial charge in [0, 0.05) is 6.54 Å². The third kappa shape index (κ3) is 17.2. The van der Waals surface area contributed by atoms with E-state index in [9.17, 15) is 0 Å². The van der Waals surface area contributed by atoms with Gasteiger partial charge in [-0.2, -0.15) is 0 Å². The lowest BCUT2D eigenvalue weighted by Gasteiger charge is -2.17. The summed E-state index contributed by atoms with van der Waals surface area (Å²) >= 11 is 0. The van der Waals surface area contributed by atoms with Crippen LogP contribution in [0.3, 0.4) is 0 Å². The summed E-state index contributed by atoms with van der Waals surface area (Å²) in [6.45, 7) is 1.40. The summed E-state index contributed by atoms with van der Waals surface area (Å²) in [5.41, 5.74) is 5.86. The fourth-order valence-electron chi connectivity index (χ4n) is 1.24. The molecule has 0 heterocycles. The van der Waals surface area contributed by atoms with Crippen molar-refractivity contribution >= 4 is 23.9 Å². The van der Waals surface area contributed by atoms with Crippen molar-refractivity contribution in [2.24, 2.45) is 5.73 Å². The highest BCUT2D eigenvalue weighted by molar-refractivity contribution is 6.27. The summed E-state index contributed by atoms with van der Waals surface area (Å²) in [5.74, 6) is -6.42. The van der Waals surface area contributed by atoms with Crippen molar-refractivity contribution in [3.63, 3.8) is 0 Å². The highest BCUT2D eigenvalue weighted by Gasteiger charge is 2.05. The Kier molecular flexibility index (Phi) is 13.7. The summed E-state index contributed by atoms with van der Waals surface area (Å²) in [5, 5.41) is 29.6. The van der Waals surface area contributed by atoms with Crippen LogP contribution in [0.1, 0.15) is 0 Å². The average Bonchev–Trinajstić information content (AvgIpc) is 2.54. The van der Waals surface area contributed by atoms with E-state index in [0.717, 1.165) is 12.3 Å². The first-order valence-corrected chi connectivity index (χ1v) is 6.97. The molecule has 0 saturated heterocycles. The molecule has 1 aromatic carbocycles. The molecule has 0 radical (unpaired) electrons. The van der Waals surface area contributed by atoms with Gasteiger partial charge in [-0.05, 0) is 26.2 Å². The molecule has 0 spiro atoms. The zero-order valence-corrected chi connectivity index (χ0v) is 14.2. The highest BCUT2D eigenvalue weighted by atomic mass is 16.5. The number of aliphatic carboxylic acids is 4. The molecule has 0 fully saturated rings. The molecule has 0 aromatic heterocycles. The van der Waals surface area contributed by atoms with Gasteiger partial charge in [0.1, 0.15) is 12.4 Å². The Hall–Kier alpha value is -3.18. The zero-order chi connectivity index (χ0) is 20.7. The van der Waals surface area contributed by atoms with Crippen LogP contribution in [0.25, 0.3) is 0 Å². The van der Waals surface area contributed by atoms with Crippen molar-refractivity contribution in [2.45, 2.75) is 6.04 Å². The number of rotatable bonds is 5. The van der Waals surface area contributed by atoms with E-state index >= 15 is 0 Å². The van der Waals surface area contributed by atoms with Crippen molar-refractivity contribution in [1.29, 1.82) is 0 Å². The van der Waals surface area contributed by atoms with Crippen molar-refractivity contribution in [1.82, 2.24) is 4.90 Å². The average molecular weight is 374 g/mol. The molecule has 0 amide bonds. The van der Waals surface area contributed by atoms with Gasteiger partial charge >= 0.3 is 23.9 Å². The number of nitrogens with two attached hydrogens (primary N) is 1. The predicted octanol–water partition coefficient (Wildman–Crippen LogP) is -0.734. The minimum Gasteiger partial charge on any atom is -0.492 e. The van der Waals surface area contributed by atoms with Gasteiger partial charge in [-0.3, -0.25) is 0 Å². The lowest BCUT2D eigenvalue weighted by molar-refractivity contribution is -0.159. The van der Waals surface area contributed by atoms with Crippen LogP contribution in [0.4, 0.5) is 0 Å². The molecule has 0 saturated carbocycles. The highest BCUT2D eigenvalue weighted by Crippen LogP contribution is 2.08. The van der Waals surface area contributed by atoms with Gasteiger partial charge in [0.2, 0.25) is 0 Å². The summed E-state index contributed by atoms with van der Waals surface area (Å²) in [6, 6.07) is 9.79. The quantitative estimate of drug-likeness (QED) is 0.408. The van der Waals surface area contributed by atoms with Gasteiger partial charge < -0.3 is 35.8 Å². The monoisotopic (exact) mass is 374 g/mol. The number of likely N-dealkylation sites (N-methyl/N-ethyl adjacent to an activating group) is 1. The third-order valence-corrected chi connectivity index (χ3v) is 2.17. The zero-order valence-electron chi connectivity index (χ0n) is 14.2. The smallest absolute Gasteiger partial charge is 0.414 e. The number of nitrogens with zero attached hydrogens (tertiary/aromatic N) is 1. The number of para-hydroxylation sites is 1. The van der Waals surface area contributed by atoms with Crippen LogP contribution in [-0.4, -0.2) is 82.5 Å². The van der Waals surface area contributed by atoms with E-state index in [1.54, 1.807) is 0 Å². The van der Waals surface area contributed by atoms with Gasteiger partial charge in [0.15, 0.2) is 0 Å². The molecule has 0 aliphatic carbocycles. The minimum atomic E-state index is -1.82. The maximum absolute atomic E-state index is 9.10. The van der Waals surface area contributed by atoms with Gasteiger partial charge in [-0.1, -0.05) is 18.2 Å². The Morgan fingerprint density at radius 2 is 1.31 bits per heavy atom. The molecule has 1 unspecified atom stereocenters. The SMILES string of the molecule is CN(C)CC(N)COc1ccccc1.O=C(O)C(=O)O.O=C(O)C(=O)O. The second-order valence-corrected chi connectivity index (χ2v) is 4.87. The van der Waals surface area contributed by atoms with Crippen LogP contribution >= 0.6 is 0 Å². The first-order chi connectivity index (χ1) is 12.0. The Morgan fingerprint density at radius 3 is 1.62 bits per heavy atom. The topological polar surface area (TPSA) is 188 Å². The molecule has 0 aliphatic rings. The number of carbonyl (C=O) groups is 4. The van der Waals surface area contributed by atoms with Crippen LogP contribution in [0.2, 0.25) is 0 Å². The molecule has 11 nitrogen and oxygen atoms in total. The van der Waals surface area contributed by atoms with Crippen molar-refractivity contribution in [3.05, 3.63) is 30.3 Å². The summed E-state index contributed by atoms with van der Waals surface area (Å²) in [4.78, 5) is 38.5. The van der Waals surface area contributed by atoms with E-state index in [1.807, 2.05) is 44.4 Å². The van der Waals surface area contributed by atoms with Crippen LogP contribution in [-0.2, 0) is 19.2 Å². The Balaban J connectivity index is 0. The Bertz CT molecular complexity index is 528. The lowest BCUT2D eigenvalue weighted by Crippen LogP contribution is -2.37. The largest absolute Gasteiger partial charge is 0.492 e. The fourth-order valence-corrected chi connectivity index (χ4v) is 1.24. The summed E-state index contributed by atoms with van der Waals surface area (Å²) in [7, 11) is 4.00. The van der Waals surface area contributed by atoms with Crippen LogP contribution in [0.5, 0.6) is 5.75 Å². The van der Waals surface area contributed by atoms with E-state index < -0.39 is 23.9 Å². The number of hydrogen-bond acceptors (Lipinski definition) is 7. The number of benzene rings is 1. The molecule has 1 aromatic rings. The molecule has 0 bridgehead atoms. The van der Waals surface area contributed by atoms with Crippen LogP contribution in [0.15, 0.2) is 30.3 Å². The van der Waals surface area contributed by atoms with Crippen molar-refractivity contribution < 1.29 is 44.3 Å². The first kappa shape index (κ1) is 25.1. The molecule has 1 atom stereocenters. The maximum atomic E-state index is 9.10. The maximum Gasteiger partial charge on any atom is 0.414 e. The number of carboxylic acids is 4. The minimum absolute atomic E-state index is 0.0604. The number of ether oxygens (including phenoxy) is 1. The van der Waals surface area contributed by atoms with E-state index in [1.165, 1.54) is 0 Å². The van der Waals surface area contributed by atoms with Crippen molar-refractivity contribution in [2.75, 3.05) is 27.2 Å².